The van der Waals surface area contributed by atoms with E-state index in [4.69, 9.17) is 32.7 Å². The number of carboxylic acids is 1. The number of carbonyl (C=O) groups is 2. The monoisotopic (exact) mass is 1080 g/mol. The molecule has 0 atom stereocenters. The van der Waals surface area contributed by atoms with Crippen LogP contribution in [0, 0.1) is 0 Å². The molecule has 4 N–H and O–H groups in total. The molecule has 17 heteroatoms. The van der Waals surface area contributed by atoms with Gasteiger partial charge in [-0.05, 0) is 130 Å². The van der Waals surface area contributed by atoms with Crippen molar-refractivity contribution >= 4 is 135 Å². The Kier molecular flexibility index (Phi) is 19.2. The van der Waals surface area contributed by atoms with Crippen molar-refractivity contribution in [3.05, 3.63) is 175 Å². The van der Waals surface area contributed by atoms with Crippen LogP contribution in [0.3, 0.4) is 0 Å². The number of nitrogens with one attached hydrogen (secondary N) is 3. The molecule has 0 saturated heterocycles. The van der Waals surface area contributed by atoms with Gasteiger partial charge >= 0.3 is 5.97 Å². The van der Waals surface area contributed by atoms with Crippen LogP contribution in [-0.4, -0.2) is 54.2 Å². The van der Waals surface area contributed by atoms with Gasteiger partial charge in [-0.15, -0.1) is 0 Å². The van der Waals surface area contributed by atoms with Crippen LogP contribution in [-0.2, 0) is 13.1 Å². The van der Waals surface area contributed by atoms with Crippen LogP contribution in [0.2, 0.25) is 10.6 Å². The number of para-hydroxylation sites is 1. The number of hydrogen-bond acceptors (Lipinski definition) is 11. The molecule has 4 aromatic heterocycles. The molecule has 0 spiro atoms. The highest BCUT2D eigenvalue weighted by atomic mass is 79.9. The van der Waals surface area contributed by atoms with Gasteiger partial charge < -0.3 is 25.1 Å². The molecule has 11 rings (SSSR count). The fourth-order valence-corrected chi connectivity index (χ4v) is 7.61. The van der Waals surface area contributed by atoms with Crippen molar-refractivity contribution in [3.8, 4) is 0 Å². The summed E-state index contributed by atoms with van der Waals surface area (Å²) < 4.78 is 6.96. The molecule has 6 heterocycles. The summed E-state index contributed by atoms with van der Waals surface area (Å²) >= 11 is 18.4. The zero-order valence-electron chi connectivity index (χ0n) is 33.5. The van der Waals surface area contributed by atoms with Gasteiger partial charge in [0.25, 0.3) is 0 Å². The van der Waals surface area contributed by atoms with E-state index in [0.29, 0.717) is 22.9 Å². The van der Waals surface area contributed by atoms with E-state index < -0.39 is 5.97 Å². The fraction of sp³-hybridized carbons (Fsp3) is 0.137. The van der Waals surface area contributed by atoms with E-state index in [1.54, 1.807) is 31.3 Å². The summed E-state index contributed by atoms with van der Waals surface area (Å²) in [7, 11) is 0. The first-order valence-corrected chi connectivity index (χ1v) is 21.7. The summed E-state index contributed by atoms with van der Waals surface area (Å²) in [5, 5.41) is 18.4. The Labute approximate surface area is 421 Å². The lowest BCUT2D eigenvalue weighted by atomic mass is 10.1. The molecule has 13 nitrogen and oxygen atoms in total. The molecule has 9 aromatic rings. The van der Waals surface area contributed by atoms with Crippen molar-refractivity contribution in [1.29, 1.82) is 0 Å². The third-order valence-corrected chi connectivity index (χ3v) is 11.0. The van der Waals surface area contributed by atoms with E-state index in [1.165, 1.54) is 17.2 Å². The third kappa shape index (κ3) is 13.4. The van der Waals surface area contributed by atoms with E-state index in [0.717, 1.165) is 71.7 Å². The fourth-order valence-electron chi connectivity index (χ4n) is 6.59. The highest BCUT2D eigenvalue weighted by Crippen LogP contribution is 2.28. The summed E-state index contributed by atoms with van der Waals surface area (Å²) in [5.41, 5.74) is 9.75. The van der Waals surface area contributed by atoms with E-state index in [9.17, 15) is 9.59 Å². The number of halogens is 4. The lowest BCUT2D eigenvalue weighted by Gasteiger charge is -2.10. The van der Waals surface area contributed by atoms with Crippen LogP contribution < -0.4 is 10.6 Å². The molecule has 0 radical (unpaired) electrons. The zero-order valence-corrected chi connectivity index (χ0v) is 38.2. The van der Waals surface area contributed by atoms with Gasteiger partial charge in [0.15, 0.2) is 5.78 Å². The second-order valence-electron chi connectivity index (χ2n) is 14.2. The van der Waals surface area contributed by atoms with E-state index in [1.807, 2.05) is 85.2 Å². The smallest absolute Gasteiger partial charge is 0.371 e. The minimum absolute atomic E-state index is 0. The Morgan fingerprint density at radius 3 is 1.97 bits per heavy atom. The van der Waals surface area contributed by atoms with Crippen molar-refractivity contribution in [2.45, 2.75) is 49.7 Å². The largest absolute Gasteiger partial charge is 0.475 e. The van der Waals surface area contributed by atoms with Crippen LogP contribution in [0.15, 0.2) is 145 Å². The van der Waals surface area contributed by atoms with Crippen molar-refractivity contribution < 1.29 is 19.1 Å². The number of ketones is 1. The number of anilines is 4. The highest BCUT2D eigenvalue weighted by molar-refractivity contribution is 9.10. The van der Waals surface area contributed by atoms with E-state index in [2.05, 4.69) is 95.6 Å². The quantitative estimate of drug-likeness (QED) is 0.0923. The first kappa shape index (κ1) is 53.8. The number of aliphatic imine (C=N–C) groups is 2. The maximum atomic E-state index is 11.1. The number of aromatic carboxylic acids is 1. The van der Waals surface area contributed by atoms with Gasteiger partial charge in [-0.1, -0.05) is 91.9 Å². The van der Waals surface area contributed by atoms with Crippen LogP contribution in [0.5, 0.6) is 0 Å². The van der Waals surface area contributed by atoms with Crippen molar-refractivity contribution in [2.75, 3.05) is 10.6 Å². The Morgan fingerprint density at radius 1 is 0.691 bits per heavy atom. The number of aromatic nitrogens is 5. The van der Waals surface area contributed by atoms with E-state index in [-0.39, 0.29) is 51.8 Å². The maximum Gasteiger partial charge on any atom is 0.371 e. The lowest BCUT2D eigenvalue weighted by molar-refractivity contribution is 0.0664. The molecule has 0 unspecified atom stereocenters. The first-order valence-electron chi connectivity index (χ1n) is 19.4. The topological polar surface area (TPSA) is 184 Å². The van der Waals surface area contributed by atoms with Gasteiger partial charge in [-0.2, -0.15) is 4.98 Å². The summed E-state index contributed by atoms with van der Waals surface area (Å²) in [6, 6.07) is 36.5. The molecule has 0 bridgehead atoms. The molecule has 0 fully saturated rings. The van der Waals surface area contributed by atoms with Crippen LogP contribution in [0.4, 0.5) is 23.0 Å². The number of Topliss-reactive ketones (excluding diaryl/α,β-unsaturated/α-hetero) is 1. The minimum atomic E-state index is -1.05. The summed E-state index contributed by atoms with van der Waals surface area (Å²) in [6.45, 7) is 3.09. The van der Waals surface area contributed by atoms with Crippen molar-refractivity contribution in [3.63, 3.8) is 0 Å². The molecular weight excluding hydrogens is 1030 g/mol. The van der Waals surface area contributed by atoms with Gasteiger partial charge in [-0.25, -0.2) is 19.7 Å². The standard InChI is InChI=1S/C16H11ClN4.C12H9ClN4.C10H8BrNO.C9H5BrO3.4CH4/c17-16-20-14-4-2-1-3-13(14)15(21-16)19-12-6-5-10-8-18-9-11(10)7-12;13-12-15-4-3-11(17-12)16-10-2-1-8-6-14-7-9(8)5-10;1-6(13)9-4-7-2-3-8(11)5-10(7)12-9;10-6-2-1-5-3-8(9(11)12)13-7(5)4-6;;;;/h1-7,9H,8H2,(H,19,20,21);1-5,7H,6H2,(H,15,16,17);2-5,12H,1H3;1-4H,(H,11,12);4*1H4. The molecule has 68 heavy (non-hydrogen) atoms. The van der Waals surface area contributed by atoms with Gasteiger partial charge in [0.2, 0.25) is 16.3 Å². The van der Waals surface area contributed by atoms with Gasteiger partial charge in [0.05, 0.1) is 24.3 Å². The number of nitrogens with zero attached hydrogens (tertiary/aromatic N) is 6. The normalized spacial score (nSPS) is 11.1. The average Bonchev–Trinajstić information content (AvgIpc) is 4.10. The number of rotatable bonds is 6. The number of furan rings is 1. The predicted octanol–water partition coefficient (Wildman–Crippen LogP) is 15.3. The Hall–Kier alpha value is -6.78. The van der Waals surface area contributed by atoms with E-state index >= 15 is 0 Å². The molecule has 2 aliphatic rings. The number of carboxylic acid groups (broad SMARTS) is 1. The highest BCUT2D eigenvalue weighted by Gasteiger charge is 2.12. The molecular formula is C51H49Br2Cl2N9O4. The van der Waals surface area contributed by atoms with Crippen LogP contribution in [0.25, 0.3) is 32.8 Å². The molecule has 5 aromatic carbocycles. The molecule has 0 saturated carbocycles. The number of H-pyrrole nitrogens is 1. The van der Waals surface area contributed by atoms with Gasteiger partial charge in [-0.3, -0.25) is 14.8 Å². The number of aromatic amines is 1. The Bertz CT molecular complexity index is 3190. The van der Waals surface area contributed by atoms with Gasteiger partial charge in [0, 0.05) is 67.5 Å². The van der Waals surface area contributed by atoms with Crippen LogP contribution >= 0.6 is 55.1 Å². The number of carbonyl (C=O) groups excluding carboxylic acids is 1. The second-order valence-corrected chi connectivity index (χ2v) is 16.7. The average molecular weight is 1080 g/mol. The number of fused-ring (bicyclic) bond motifs is 5. The maximum absolute atomic E-state index is 11.1. The Balaban J connectivity index is 0.000000198. The molecule has 2 aliphatic heterocycles. The molecule has 350 valence electrons. The van der Waals surface area contributed by atoms with Crippen LogP contribution in [0.1, 0.15) is 79.9 Å². The number of hydrogen-bond donors (Lipinski definition) is 4. The molecule has 0 amide bonds. The van der Waals surface area contributed by atoms with Crippen molar-refractivity contribution in [1.82, 2.24) is 24.9 Å². The lowest BCUT2D eigenvalue weighted by Crippen LogP contribution is -1.98. The minimum Gasteiger partial charge on any atom is -0.475 e. The molecule has 0 aliphatic carbocycles. The SMILES string of the molecule is C.C.C.C.CC(=O)c1cc2ccc(Br)cc2[nH]1.Clc1nc(Nc2ccc3c(c2)C=NC3)c2ccccc2n1.Clc1nccc(Nc2ccc3c(c2)C=NC3)n1.O=C(O)c1cc2ccc(Br)cc2o1. The number of benzene rings is 5. The van der Waals surface area contributed by atoms with Crippen molar-refractivity contribution in [2.24, 2.45) is 9.98 Å². The zero-order chi connectivity index (χ0) is 44.7. The second kappa shape index (κ2) is 24.3. The Morgan fingerprint density at radius 2 is 1.32 bits per heavy atom. The third-order valence-electron chi connectivity index (χ3n) is 9.67. The summed E-state index contributed by atoms with van der Waals surface area (Å²) in [4.78, 5) is 49.6. The first-order chi connectivity index (χ1) is 30.9. The predicted molar refractivity (Wildman–Crippen MR) is 287 cm³/mol. The summed E-state index contributed by atoms with van der Waals surface area (Å²) in [5.74, 6) is 0.369. The van der Waals surface area contributed by atoms with Gasteiger partial charge in [0.1, 0.15) is 17.2 Å². The summed E-state index contributed by atoms with van der Waals surface area (Å²) in [6.07, 6.45) is 5.39.